The van der Waals surface area contributed by atoms with Crippen molar-refractivity contribution in [2.45, 2.75) is 34.1 Å². The highest BCUT2D eigenvalue weighted by Crippen LogP contribution is 1.98. The highest BCUT2D eigenvalue weighted by atomic mass is 16.4. The summed E-state index contributed by atoms with van der Waals surface area (Å²) in [6.07, 6.45) is 5.52. The molecule has 0 fully saturated rings. The molecule has 0 unspecified atom stereocenters. The summed E-state index contributed by atoms with van der Waals surface area (Å²) < 4.78 is 0. The average Bonchev–Trinajstić information content (AvgIpc) is 1.82. The lowest BCUT2D eigenvalue weighted by atomic mass is 10.1. The summed E-state index contributed by atoms with van der Waals surface area (Å²) in [6, 6.07) is 0. The number of hydrogen-bond donors (Lipinski definition) is 1. The highest BCUT2D eigenvalue weighted by molar-refractivity contribution is 5.62. The third-order valence-electron chi connectivity index (χ3n) is 0.843. The van der Waals surface area contributed by atoms with E-state index in [1.165, 1.54) is 6.42 Å². The number of rotatable bonds is 2. The van der Waals surface area contributed by atoms with Gasteiger partial charge in [-0.05, 0) is 19.3 Å². The van der Waals surface area contributed by atoms with E-state index in [1.54, 1.807) is 0 Å². The molecule has 0 saturated carbocycles. The number of hydrogen-bond acceptors (Lipinski definition) is 1. The lowest BCUT2D eigenvalue weighted by Crippen LogP contribution is -1.79. The Bertz CT molecular complexity index is 111. The molecule has 0 amide bonds. The third-order valence-corrected chi connectivity index (χ3v) is 0.843. The summed E-state index contributed by atoms with van der Waals surface area (Å²) in [5.74, 6) is -0.0174. The molecule has 0 aliphatic heterocycles. The molecule has 0 radical (unpaired) electrons. The predicted octanol–water partition coefficient (Wildman–Crippen LogP) is 2.70. The van der Waals surface area contributed by atoms with Crippen LogP contribution in [0.25, 0.3) is 0 Å². The second kappa shape index (κ2) is 9.21. The van der Waals surface area contributed by atoms with Crippen LogP contribution in [-0.2, 0) is 4.79 Å². The summed E-state index contributed by atoms with van der Waals surface area (Å²) in [4.78, 5) is 9.00. The molecule has 0 spiro atoms. The van der Waals surface area contributed by atoms with Crippen LogP contribution in [0.4, 0.5) is 0 Å². The zero-order valence-corrected chi connectivity index (χ0v) is 7.79. The van der Waals surface area contributed by atoms with Gasteiger partial charge in [0.1, 0.15) is 0 Å². The Morgan fingerprint density at radius 1 is 1.55 bits per heavy atom. The number of aliphatic carboxylic acids is 1. The zero-order chi connectivity index (χ0) is 9.28. The maximum atomic E-state index is 9.00. The minimum absolute atomic E-state index is 0.816. The number of carboxylic acids is 1. The van der Waals surface area contributed by atoms with Gasteiger partial charge in [0.15, 0.2) is 0 Å². The van der Waals surface area contributed by atoms with Crippen molar-refractivity contribution >= 4 is 5.97 Å². The first-order valence-corrected chi connectivity index (χ1v) is 3.81. The highest BCUT2D eigenvalue weighted by Gasteiger charge is 1.83. The van der Waals surface area contributed by atoms with Gasteiger partial charge >= 0.3 is 0 Å². The van der Waals surface area contributed by atoms with Crippen LogP contribution in [0, 0.1) is 5.92 Å². The van der Waals surface area contributed by atoms with Gasteiger partial charge in [0.05, 0.1) is 0 Å². The van der Waals surface area contributed by atoms with E-state index < -0.39 is 5.97 Å². The van der Waals surface area contributed by atoms with Gasteiger partial charge in [-0.2, -0.15) is 0 Å². The maximum Gasteiger partial charge on any atom is 0.300 e. The molecular formula is C9H18O2. The molecule has 0 aromatic rings. The smallest absolute Gasteiger partial charge is 0.300 e. The Hall–Kier alpha value is -0.790. The molecule has 0 heterocycles. The summed E-state index contributed by atoms with van der Waals surface area (Å²) in [6.45, 7) is 7.59. The van der Waals surface area contributed by atoms with Gasteiger partial charge in [-0.1, -0.05) is 26.0 Å². The first-order valence-electron chi connectivity index (χ1n) is 3.81. The molecule has 0 bridgehead atoms. The third kappa shape index (κ3) is 46.5. The predicted molar refractivity (Wildman–Crippen MR) is 47.6 cm³/mol. The van der Waals surface area contributed by atoms with Gasteiger partial charge in [-0.3, -0.25) is 4.79 Å². The van der Waals surface area contributed by atoms with Crippen molar-refractivity contribution in [3.05, 3.63) is 12.2 Å². The summed E-state index contributed by atoms with van der Waals surface area (Å²) in [5.41, 5.74) is 0. The van der Waals surface area contributed by atoms with Crippen LogP contribution < -0.4 is 0 Å². The van der Waals surface area contributed by atoms with Crippen molar-refractivity contribution in [1.82, 2.24) is 0 Å². The minimum atomic E-state index is -0.833. The SMILES string of the molecule is C/C=C/CC(C)C.CC(=O)O. The van der Waals surface area contributed by atoms with E-state index in [9.17, 15) is 0 Å². The van der Waals surface area contributed by atoms with E-state index in [-0.39, 0.29) is 0 Å². The van der Waals surface area contributed by atoms with Crippen molar-refractivity contribution in [2.75, 3.05) is 0 Å². The molecular weight excluding hydrogens is 140 g/mol. The molecule has 0 atom stereocenters. The van der Waals surface area contributed by atoms with Crippen molar-refractivity contribution in [1.29, 1.82) is 0 Å². The van der Waals surface area contributed by atoms with Gasteiger partial charge in [0.2, 0.25) is 0 Å². The first-order chi connectivity index (χ1) is 5.00. The molecule has 0 rings (SSSR count). The van der Waals surface area contributed by atoms with Crippen LogP contribution >= 0.6 is 0 Å². The van der Waals surface area contributed by atoms with Gasteiger partial charge in [-0.15, -0.1) is 0 Å². The zero-order valence-electron chi connectivity index (χ0n) is 7.79. The quantitative estimate of drug-likeness (QED) is 0.627. The summed E-state index contributed by atoms with van der Waals surface area (Å²) in [5, 5.41) is 7.42. The van der Waals surface area contributed by atoms with E-state index in [2.05, 4.69) is 32.9 Å². The average molecular weight is 158 g/mol. The van der Waals surface area contributed by atoms with Crippen LogP contribution in [0.2, 0.25) is 0 Å². The molecule has 0 saturated heterocycles. The Balaban J connectivity index is 0. The van der Waals surface area contributed by atoms with Crippen molar-refractivity contribution in [3.63, 3.8) is 0 Å². The molecule has 11 heavy (non-hydrogen) atoms. The van der Waals surface area contributed by atoms with Crippen molar-refractivity contribution < 1.29 is 9.90 Å². The Kier molecular flexibility index (Phi) is 10.8. The Morgan fingerprint density at radius 2 is 1.91 bits per heavy atom. The number of carboxylic acid groups (broad SMARTS) is 1. The molecule has 1 N–H and O–H groups in total. The van der Waals surface area contributed by atoms with Gasteiger partial charge < -0.3 is 5.11 Å². The second-order valence-corrected chi connectivity index (χ2v) is 2.72. The summed E-state index contributed by atoms with van der Waals surface area (Å²) in [7, 11) is 0. The maximum absolute atomic E-state index is 9.00. The van der Waals surface area contributed by atoms with Crippen LogP contribution in [0.3, 0.4) is 0 Å². The van der Waals surface area contributed by atoms with Gasteiger partial charge in [0, 0.05) is 6.92 Å². The van der Waals surface area contributed by atoms with Crippen LogP contribution in [-0.4, -0.2) is 11.1 Å². The molecule has 66 valence electrons. The summed E-state index contributed by atoms with van der Waals surface area (Å²) >= 11 is 0. The van der Waals surface area contributed by atoms with Crippen LogP contribution in [0.1, 0.15) is 34.1 Å². The number of carbonyl (C=O) groups is 1. The van der Waals surface area contributed by atoms with Crippen LogP contribution in [0.15, 0.2) is 12.2 Å². The lowest BCUT2D eigenvalue weighted by Gasteiger charge is -1.93. The molecule has 0 aliphatic rings. The second-order valence-electron chi connectivity index (χ2n) is 2.72. The fourth-order valence-electron chi connectivity index (χ4n) is 0.408. The molecule has 2 heteroatoms. The van der Waals surface area contributed by atoms with Crippen molar-refractivity contribution in [3.8, 4) is 0 Å². The fourth-order valence-corrected chi connectivity index (χ4v) is 0.408. The molecule has 0 aromatic carbocycles. The van der Waals surface area contributed by atoms with E-state index in [4.69, 9.17) is 9.90 Å². The first kappa shape index (κ1) is 12.8. The van der Waals surface area contributed by atoms with E-state index in [1.807, 2.05) is 0 Å². The van der Waals surface area contributed by atoms with Gasteiger partial charge in [-0.25, -0.2) is 0 Å². The normalized spacial score (nSPS) is 9.55. The van der Waals surface area contributed by atoms with E-state index in [0.29, 0.717) is 0 Å². The topological polar surface area (TPSA) is 37.3 Å². The minimum Gasteiger partial charge on any atom is -0.481 e. The molecule has 2 nitrogen and oxygen atoms in total. The standard InChI is InChI=1S/C7H14.C2H4O2/c1-4-5-6-7(2)3;1-2(3)4/h4-5,7H,6H2,1-3H3;1H3,(H,3,4)/b5-4+;. The van der Waals surface area contributed by atoms with Crippen LogP contribution in [0.5, 0.6) is 0 Å². The molecule has 0 aliphatic carbocycles. The fraction of sp³-hybridized carbons (Fsp3) is 0.667. The van der Waals surface area contributed by atoms with E-state index >= 15 is 0 Å². The Labute approximate surface area is 68.9 Å². The van der Waals surface area contributed by atoms with Crippen molar-refractivity contribution in [2.24, 2.45) is 5.92 Å². The largest absolute Gasteiger partial charge is 0.481 e. The van der Waals surface area contributed by atoms with Gasteiger partial charge in [0.25, 0.3) is 5.97 Å². The Morgan fingerprint density at radius 3 is 2.00 bits per heavy atom. The number of allylic oxidation sites excluding steroid dienone is 2. The monoisotopic (exact) mass is 158 g/mol. The van der Waals surface area contributed by atoms with E-state index in [0.717, 1.165) is 12.8 Å². The molecule has 0 aromatic heterocycles. The lowest BCUT2D eigenvalue weighted by molar-refractivity contribution is -0.134.